The fourth-order valence-corrected chi connectivity index (χ4v) is 3.98. The first-order valence-electron chi connectivity index (χ1n) is 7.40. The van der Waals surface area contributed by atoms with Crippen molar-refractivity contribution in [2.75, 3.05) is 16.9 Å². The number of hydrogen-bond acceptors (Lipinski definition) is 7. The van der Waals surface area contributed by atoms with Crippen LogP contribution in [0.15, 0.2) is 29.6 Å². The van der Waals surface area contributed by atoms with E-state index in [-0.39, 0.29) is 11.7 Å². The van der Waals surface area contributed by atoms with E-state index >= 15 is 0 Å². The van der Waals surface area contributed by atoms with Gasteiger partial charge in [-0.05, 0) is 30.7 Å². The molecule has 0 spiro atoms. The number of nitrogen functional groups attached to an aromatic ring is 1. The molecular weight excluding hydrogens is 415 g/mol. The molecule has 3 rings (SSSR count). The Morgan fingerprint density at radius 1 is 1.38 bits per heavy atom. The van der Waals surface area contributed by atoms with Crippen LogP contribution < -0.4 is 11.2 Å². The summed E-state index contributed by atoms with van der Waals surface area (Å²) in [4.78, 5) is 17.3. The van der Waals surface area contributed by atoms with Gasteiger partial charge in [-0.2, -0.15) is 0 Å². The van der Waals surface area contributed by atoms with Crippen LogP contribution in [0, 0.1) is 6.92 Å². The molecule has 0 fully saturated rings. The Kier molecular flexibility index (Phi) is 6.02. The van der Waals surface area contributed by atoms with Crippen molar-refractivity contribution in [1.29, 1.82) is 0 Å². The Labute approximate surface area is 167 Å². The molecule has 1 aromatic carbocycles. The number of carbonyl (C=O) groups is 1. The molecule has 1 amide bonds. The Morgan fingerprint density at radius 3 is 2.92 bits per heavy atom. The van der Waals surface area contributed by atoms with Crippen molar-refractivity contribution >= 4 is 57.3 Å². The molecular formula is C15H14Cl2N6OS2. The molecule has 26 heavy (non-hydrogen) atoms. The van der Waals surface area contributed by atoms with Crippen LogP contribution in [0.2, 0.25) is 10.0 Å². The summed E-state index contributed by atoms with van der Waals surface area (Å²) in [5.74, 6) is 6.29. The third-order valence-corrected chi connectivity index (χ3v) is 5.80. The van der Waals surface area contributed by atoms with Gasteiger partial charge in [-0.25, -0.2) is 9.66 Å². The molecule has 11 heteroatoms. The molecule has 0 unspecified atom stereocenters. The topological polar surface area (TPSA) is 98.7 Å². The second-order valence-electron chi connectivity index (χ2n) is 5.28. The van der Waals surface area contributed by atoms with Crippen molar-refractivity contribution in [3.05, 3.63) is 50.7 Å². The number of thioether (sulfide) groups is 1. The Balaban J connectivity index is 1.57. The van der Waals surface area contributed by atoms with Crippen LogP contribution in [0.3, 0.4) is 0 Å². The van der Waals surface area contributed by atoms with Crippen LogP contribution in [0.5, 0.6) is 0 Å². The summed E-state index contributed by atoms with van der Waals surface area (Å²) in [6.45, 7) is 1.74. The number of aromatic nitrogens is 4. The van der Waals surface area contributed by atoms with E-state index in [2.05, 4.69) is 20.5 Å². The lowest BCUT2D eigenvalue weighted by Gasteiger charge is -2.03. The number of hydrogen-bond donors (Lipinski definition) is 2. The molecule has 0 aliphatic rings. The second-order valence-corrected chi connectivity index (χ2v) is 8.18. The molecule has 0 atom stereocenters. The number of thiazole rings is 1. The van der Waals surface area contributed by atoms with Crippen molar-refractivity contribution in [3.63, 3.8) is 0 Å². The average molecular weight is 429 g/mol. The lowest BCUT2D eigenvalue weighted by molar-refractivity contribution is -0.113. The zero-order valence-corrected chi connectivity index (χ0v) is 16.7. The van der Waals surface area contributed by atoms with E-state index in [9.17, 15) is 4.79 Å². The molecule has 3 aromatic rings. The highest BCUT2D eigenvalue weighted by Gasteiger charge is 2.12. The number of amides is 1. The number of aryl methyl sites for hydroxylation is 1. The number of benzene rings is 1. The van der Waals surface area contributed by atoms with Crippen molar-refractivity contribution in [3.8, 4) is 0 Å². The number of nitrogens with one attached hydrogen (secondary N) is 1. The molecule has 2 aromatic heterocycles. The molecule has 2 heterocycles. The molecule has 0 aliphatic carbocycles. The predicted molar refractivity (Wildman–Crippen MR) is 106 cm³/mol. The number of nitrogens with zero attached hydrogens (tertiary/aromatic N) is 4. The molecule has 0 bridgehead atoms. The van der Waals surface area contributed by atoms with E-state index in [1.807, 2.05) is 6.07 Å². The minimum atomic E-state index is -0.197. The Morgan fingerprint density at radius 2 is 2.19 bits per heavy atom. The van der Waals surface area contributed by atoms with Gasteiger partial charge in [0.25, 0.3) is 0 Å². The van der Waals surface area contributed by atoms with Crippen molar-refractivity contribution in [2.45, 2.75) is 18.5 Å². The minimum Gasteiger partial charge on any atom is -0.336 e. The normalized spacial score (nSPS) is 10.9. The highest BCUT2D eigenvalue weighted by atomic mass is 35.5. The highest BCUT2D eigenvalue weighted by Crippen LogP contribution is 2.27. The zero-order valence-electron chi connectivity index (χ0n) is 13.6. The van der Waals surface area contributed by atoms with Gasteiger partial charge in [0.05, 0.1) is 5.75 Å². The summed E-state index contributed by atoms with van der Waals surface area (Å²) in [6.07, 6.45) is 2.31. The van der Waals surface area contributed by atoms with Crippen LogP contribution in [-0.2, 0) is 11.2 Å². The lowest BCUT2D eigenvalue weighted by atomic mass is 10.1. The molecule has 136 valence electrons. The molecule has 0 saturated heterocycles. The first-order chi connectivity index (χ1) is 12.4. The first-order valence-corrected chi connectivity index (χ1v) is 9.96. The Bertz CT molecular complexity index is 942. The quantitative estimate of drug-likeness (QED) is 0.461. The van der Waals surface area contributed by atoms with E-state index in [0.717, 1.165) is 10.4 Å². The van der Waals surface area contributed by atoms with Gasteiger partial charge in [-0.1, -0.05) is 35.0 Å². The highest BCUT2D eigenvalue weighted by molar-refractivity contribution is 7.99. The van der Waals surface area contributed by atoms with Crippen molar-refractivity contribution in [2.24, 2.45) is 0 Å². The minimum absolute atomic E-state index is 0.157. The van der Waals surface area contributed by atoms with E-state index in [0.29, 0.717) is 32.6 Å². The van der Waals surface area contributed by atoms with Crippen molar-refractivity contribution < 1.29 is 4.79 Å². The largest absolute Gasteiger partial charge is 0.336 e. The second kappa shape index (κ2) is 8.26. The molecule has 0 aliphatic heterocycles. The number of carbonyl (C=O) groups excluding carboxylic acids is 1. The number of halogens is 2. The molecule has 0 saturated carbocycles. The van der Waals surface area contributed by atoms with E-state index < -0.39 is 0 Å². The summed E-state index contributed by atoms with van der Waals surface area (Å²) in [5, 5.41) is 12.8. The third-order valence-electron chi connectivity index (χ3n) is 3.34. The standard InChI is InChI=1S/C15H14Cl2N6OS2/c1-8-21-22-15(23(8)18)25-7-13(24)20-14-19-6-11(26-14)5-9-4-10(16)2-3-12(9)17/h2-4,6H,5,7,18H2,1H3,(H,19,20,24). The van der Waals surface area contributed by atoms with Crippen LogP contribution in [-0.4, -0.2) is 31.5 Å². The summed E-state index contributed by atoms with van der Waals surface area (Å²) < 4.78 is 1.34. The van der Waals surface area contributed by atoms with Gasteiger partial charge in [0.2, 0.25) is 11.1 Å². The fourth-order valence-electron chi connectivity index (χ4n) is 2.05. The van der Waals surface area contributed by atoms with E-state index in [4.69, 9.17) is 29.0 Å². The van der Waals surface area contributed by atoms with Gasteiger partial charge in [-0.15, -0.1) is 21.5 Å². The van der Waals surface area contributed by atoms with Gasteiger partial charge in [0, 0.05) is 27.5 Å². The molecule has 7 nitrogen and oxygen atoms in total. The van der Waals surface area contributed by atoms with Gasteiger partial charge in [0.15, 0.2) is 5.13 Å². The lowest BCUT2D eigenvalue weighted by Crippen LogP contribution is -2.16. The monoisotopic (exact) mass is 428 g/mol. The van der Waals surface area contributed by atoms with Crippen LogP contribution in [0.25, 0.3) is 0 Å². The Hall–Kier alpha value is -1.81. The smallest absolute Gasteiger partial charge is 0.236 e. The van der Waals surface area contributed by atoms with Gasteiger partial charge >= 0.3 is 0 Å². The maximum atomic E-state index is 12.1. The van der Waals surface area contributed by atoms with Gasteiger partial charge < -0.3 is 11.2 Å². The van der Waals surface area contributed by atoms with Crippen molar-refractivity contribution in [1.82, 2.24) is 19.9 Å². The van der Waals surface area contributed by atoms with Crippen LogP contribution in [0.1, 0.15) is 16.3 Å². The van der Waals surface area contributed by atoms with Gasteiger partial charge in [-0.3, -0.25) is 4.79 Å². The maximum Gasteiger partial charge on any atom is 0.236 e. The maximum absolute atomic E-state index is 12.1. The van der Waals surface area contributed by atoms with E-state index in [1.54, 1.807) is 25.3 Å². The molecule has 3 N–H and O–H groups in total. The number of rotatable bonds is 6. The summed E-state index contributed by atoms with van der Waals surface area (Å²) in [6, 6.07) is 5.33. The average Bonchev–Trinajstić information content (AvgIpc) is 3.17. The summed E-state index contributed by atoms with van der Waals surface area (Å²) in [5.41, 5.74) is 0.911. The summed E-state index contributed by atoms with van der Waals surface area (Å²) >= 11 is 14.8. The predicted octanol–water partition coefficient (Wildman–Crippen LogP) is 3.39. The third kappa shape index (κ3) is 4.67. The van der Waals surface area contributed by atoms with Crippen LogP contribution in [0.4, 0.5) is 5.13 Å². The molecule has 0 radical (unpaired) electrons. The zero-order chi connectivity index (χ0) is 18.7. The summed E-state index contributed by atoms with van der Waals surface area (Å²) in [7, 11) is 0. The first kappa shape index (κ1) is 19.0. The van der Waals surface area contributed by atoms with Crippen LogP contribution >= 0.6 is 46.3 Å². The SMILES string of the molecule is Cc1nnc(SCC(=O)Nc2ncc(Cc3cc(Cl)ccc3Cl)s2)n1N. The van der Waals surface area contributed by atoms with Gasteiger partial charge in [0.1, 0.15) is 5.82 Å². The number of nitrogens with two attached hydrogens (primary N) is 1. The van der Waals surface area contributed by atoms with E-state index in [1.165, 1.54) is 27.8 Å². The number of anilines is 1. The fraction of sp³-hybridized carbons (Fsp3) is 0.200.